The minimum Gasteiger partial charge on any atom is -0.497 e. The molecule has 2 aromatic carbocycles. The summed E-state index contributed by atoms with van der Waals surface area (Å²) in [5.74, 6) is 1.24. The summed E-state index contributed by atoms with van der Waals surface area (Å²) in [6, 6.07) is 19.1. The molecule has 1 unspecified atom stereocenters. The Hall–Kier alpha value is -3.84. The Balaban J connectivity index is 1.32. The molecule has 1 N–H and O–H groups in total. The Bertz CT molecular complexity index is 1500. The molecule has 1 atom stereocenters. The number of ether oxygens (including phenoxy) is 1. The minimum atomic E-state index is 0.443. The SMILES string of the molecule is CCCCCCCC/C=C\CCCC(CCCC/C=C(\C#N)c1c[nH]c2ccc(OC)cc12)c1nccc2ccccc12. The van der Waals surface area contributed by atoms with Crippen molar-refractivity contribution in [3.05, 3.63) is 90.4 Å². The molecule has 2 heterocycles. The molecule has 0 saturated carbocycles. The van der Waals surface area contributed by atoms with Crippen LogP contribution in [0.15, 0.2) is 79.2 Å². The van der Waals surface area contributed by atoms with Gasteiger partial charge in [0.1, 0.15) is 5.75 Å². The Labute approximate surface area is 258 Å². The quantitative estimate of drug-likeness (QED) is 0.0687. The van der Waals surface area contributed by atoms with E-state index < -0.39 is 0 Å². The number of H-pyrrole nitrogens is 1. The van der Waals surface area contributed by atoms with Gasteiger partial charge in [0.15, 0.2) is 0 Å². The number of hydrogen-bond acceptors (Lipinski definition) is 3. The van der Waals surface area contributed by atoms with Gasteiger partial charge >= 0.3 is 0 Å². The maximum absolute atomic E-state index is 9.93. The second-order valence-corrected chi connectivity index (χ2v) is 11.7. The lowest BCUT2D eigenvalue weighted by atomic mass is 9.89. The van der Waals surface area contributed by atoms with Crippen molar-refractivity contribution in [1.82, 2.24) is 9.97 Å². The largest absolute Gasteiger partial charge is 0.497 e. The number of fused-ring (bicyclic) bond motifs is 2. The third kappa shape index (κ3) is 9.58. The van der Waals surface area contributed by atoms with E-state index in [0.29, 0.717) is 5.92 Å². The van der Waals surface area contributed by atoms with Crippen LogP contribution in [-0.4, -0.2) is 17.1 Å². The molecular formula is C39H49N3O. The number of nitrogens with one attached hydrogen (secondary N) is 1. The highest BCUT2D eigenvalue weighted by atomic mass is 16.5. The van der Waals surface area contributed by atoms with Crippen LogP contribution in [0.5, 0.6) is 5.75 Å². The first-order valence-electron chi connectivity index (χ1n) is 16.5. The predicted molar refractivity (Wildman–Crippen MR) is 182 cm³/mol. The number of aromatic nitrogens is 2. The molecule has 2 aromatic heterocycles. The van der Waals surface area contributed by atoms with Gasteiger partial charge in [0, 0.05) is 40.2 Å². The molecule has 226 valence electrons. The molecule has 0 aliphatic carbocycles. The van der Waals surface area contributed by atoms with Crippen molar-refractivity contribution >= 4 is 27.2 Å². The van der Waals surface area contributed by atoms with Crippen LogP contribution in [0.4, 0.5) is 0 Å². The third-order valence-corrected chi connectivity index (χ3v) is 8.56. The topological polar surface area (TPSA) is 61.7 Å². The van der Waals surface area contributed by atoms with E-state index in [1.54, 1.807) is 7.11 Å². The van der Waals surface area contributed by atoms with Crippen LogP contribution < -0.4 is 4.74 Å². The summed E-state index contributed by atoms with van der Waals surface area (Å²) in [7, 11) is 1.67. The Morgan fingerprint density at radius 1 is 0.884 bits per heavy atom. The van der Waals surface area contributed by atoms with Crippen molar-refractivity contribution in [2.45, 2.75) is 103 Å². The highest BCUT2D eigenvalue weighted by Gasteiger charge is 2.16. The number of methoxy groups -OCH3 is 1. The van der Waals surface area contributed by atoms with Gasteiger partial charge in [-0.3, -0.25) is 4.98 Å². The maximum Gasteiger partial charge on any atom is 0.119 e. The molecule has 0 aliphatic heterocycles. The van der Waals surface area contributed by atoms with E-state index in [1.165, 1.54) is 67.8 Å². The molecule has 0 aliphatic rings. The number of nitrogens with zero attached hydrogens (tertiary/aromatic N) is 2. The normalized spacial score (nSPS) is 12.7. The van der Waals surface area contributed by atoms with E-state index >= 15 is 0 Å². The Morgan fingerprint density at radius 2 is 1.65 bits per heavy atom. The Morgan fingerprint density at radius 3 is 2.49 bits per heavy atom. The predicted octanol–water partition coefficient (Wildman–Crippen LogP) is 11.5. The van der Waals surface area contributed by atoms with Crippen molar-refractivity contribution < 1.29 is 4.74 Å². The summed E-state index contributed by atoms with van der Waals surface area (Å²) >= 11 is 0. The lowest BCUT2D eigenvalue weighted by Crippen LogP contribution is -2.03. The van der Waals surface area contributed by atoms with Gasteiger partial charge in [-0.15, -0.1) is 0 Å². The molecule has 0 amide bonds. The zero-order chi connectivity index (χ0) is 30.1. The molecule has 0 fully saturated rings. The molecule has 4 rings (SSSR count). The second-order valence-electron chi connectivity index (χ2n) is 11.7. The van der Waals surface area contributed by atoms with Gasteiger partial charge in [-0.25, -0.2) is 0 Å². The van der Waals surface area contributed by atoms with Gasteiger partial charge in [-0.05, 0) is 81.0 Å². The van der Waals surface area contributed by atoms with E-state index in [4.69, 9.17) is 9.72 Å². The average molecular weight is 576 g/mol. The van der Waals surface area contributed by atoms with Gasteiger partial charge in [0.05, 0.1) is 24.4 Å². The van der Waals surface area contributed by atoms with E-state index in [0.717, 1.165) is 66.3 Å². The van der Waals surface area contributed by atoms with Crippen molar-refractivity contribution in [3.63, 3.8) is 0 Å². The smallest absolute Gasteiger partial charge is 0.119 e. The van der Waals surface area contributed by atoms with Crippen LogP contribution in [0.2, 0.25) is 0 Å². The van der Waals surface area contributed by atoms with Gasteiger partial charge in [-0.1, -0.05) is 87.9 Å². The first kappa shape index (κ1) is 32.1. The monoisotopic (exact) mass is 575 g/mol. The van der Waals surface area contributed by atoms with E-state index in [1.807, 2.05) is 30.6 Å². The van der Waals surface area contributed by atoms with Gasteiger partial charge in [0.25, 0.3) is 0 Å². The summed E-state index contributed by atoms with van der Waals surface area (Å²) in [5.41, 5.74) is 3.92. The molecule has 0 spiro atoms. The average Bonchev–Trinajstić information content (AvgIpc) is 3.47. The summed E-state index contributed by atoms with van der Waals surface area (Å²) in [5, 5.41) is 13.5. The number of rotatable bonds is 19. The number of aromatic amines is 1. The fourth-order valence-corrected chi connectivity index (χ4v) is 6.09. The summed E-state index contributed by atoms with van der Waals surface area (Å²) in [6.45, 7) is 2.28. The highest BCUT2D eigenvalue weighted by Crippen LogP contribution is 2.32. The van der Waals surface area contributed by atoms with Crippen molar-refractivity contribution in [2.75, 3.05) is 7.11 Å². The van der Waals surface area contributed by atoms with Gasteiger partial charge in [-0.2, -0.15) is 5.26 Å². The zero-order valence-electron chi connectivity index (χ0n) is 26.3. The van der Waals surface area contributed by atoms with Crippen molar-refractivity contribution in [1.29, 1.82) is 5.26 Å². The molecular weight excluding hydrogens is 526 g/mol. The minimum absolute atomic E-state index is 0.443. The molecule has 4 nitrogen and oxygen atoms in total. The fourth-order valence-electron chi connectivity index (χ4n) is 6.09. The molecule has 0 saturated heterocycles. The summed E-state index contributed by atoms with van der Waals surface area (Å²) < 4.78 is 5.41. The van der Waals surface area contributed by atoms with Crippen LogP contribution in [0.1, 0.15) is 114 Å². The summed E-state index contributed by atoms with van der Waals surface area (Å²) in [4.78, 5) is 8.20. The van der Waals surface area contributed by atoms with Crippen LogP contribution in [-0.2, 0) is 0 Å². The van der Waals surface area contributed by atoms with Crippen molar-refractivity contribution in [2.24, 2.45) is 0 Å². The fraction of sp³-hybridized carbons (Fsp3) is 0.436. The molecule has 0 radical (unpaired) electrons. The zero-order valence-corrected chi connectivity index (χ0v) is 26.3. The van der Waals surface area contributed by atoms with Crippen LogP contribution >= 0.6 is 0 Å². The molecule has 43 heavy (non-hydrogen) atoms. The lowest BCUT2D eigenvalue weighted by molar-refractivity contribution is 0.415. The number of hydrogen-bond donors (Lipinski definition) is 1. The number of nitriles is 1. The highest BCUT2D eigenvalue weighted by molar-refractivity contribution is 5.96. The lowest BCUT2D eigenvalue weighted by Gasteiger charge is -2.18. The van der Waals surface area contributed by atoms with Gasteiger partial charge < -0.3 is 9.72 Å². The standard InChI is InChI=1S/C39H49N3O/c1-3-4-5-6-7-8-9-10-11-12-14-20-32(39-35-23-18-17-19-31(35)26-27-41-39)21-15-13-16-22-33(29-40)37-30-42-38-25-24-34(43-2)28-36(37)38/h10-11,17-19,22-28,30,32,42H,3-9,12-16,20-21H2,1-2H3/b11-10-,33-22+. The second kappa shape index (κ2) is 18.0. The van der Waals surface area contributed by atoms with Crippen LogP contribution in [0.3, 0.4) is 0 Å². The maximum atomic E-state index is 9.93. The molecule has 4 aromatic rings. The number of unbranched alkanes of at least 4 members (excludes halogenated alkanes) is 9. The summed E-state index contributed by atoms with van der Waals surface area (Å²) in [6.07, 6.45) is 27.8. The van der Waals surface area contributed by atoms with Gasteiger partial charge in [0.2, 0.25) is 0 Å². The third-order valence-electron chi connectivity index (χ3n) is 8.56. The first-order chi connectivity index (χ1) is 21.2. The number of pyridine rings is 1. The molecule has 0 bridgehead atoms. The van der Waals surface area contributed by atoms with Crippen LogP contribution in [0.25, 0.3) is 27.2 Å². The van der Waals surface area contributed by atoms with E-state index in [-0.39, 0.29) is 0 Å². The first-order valence-corrected chi connectivity index (χ1v) is 16.5. The van der Waals surface area contributed by atoms with E-state index in [9.17, 15) is 5.26 Å². The number of allylic oxidation sites excluding steroid dienone is 4. The van der Waals surface area contributed by atoms with E-state index in [2.05, 4.69) is 66.5 Å². The number of benzene rings is 2. The Kier molecular flexibility index (Phi) is 13.4. The molecule has 4 heteroatoms. The van der Waals surface area contributed by atoms with Crippen LogP contribution in [0, 0.1) is 11.3 Å². The van der Waals surface area contributed by atoms with Crippen molar-refractivity contribution in [3.8, 4) is 11.8 Å².